The highest BCUT2D eigenvalue weighted by Crippen LogP contribution is 2.30. The summed E-state index contributed by atoms with van der Waals surface area (Å²) in [6, 6.07) is 11.4. The second-order valence-corrected chi connectivity index (χ2v) is 6.22. The summed E-state index contributed by atoms with van der Waals surface area (Å²) in [6.07, 6.45) is 4.03. The first-order chi connectivity index (χ1) is 12.8. The first-order valence-electron chi connectivity index (χ1n) is 8.85. The highest BCUT2D eigenvalue weighted by atomic mass is 16.6. The molecular formula is C20H21N3O3. The summed E-state index contributed by atoms with van der Waals surface area (Å²) in [5.74, 6) is 1.13. The molecule has 0 fully saturated rings. The lowest BCUT2D eigenvalue weighted by Crippen LogP contribution is -2.44. The fraction of sp³-hybridized carbons (Fsp3) is 0.300. The number of carbonyl (C=O) groups is 1. The van der Waals surface area contributed by atoms with Crippen LogP contribution >= 0.6 is 0 Å². The minimum absolute atomic E-state index is 0.156. The van der Waals surface area contributed by atoms with Gasteiger partial charge in [-0.1, -0.05) is 12.1 Å². The number of pyridine rings is 1. The third kappa shape index (κ3) is 3.10. The van der Waals surface area contributed by atoms with Crippen LogP contribution in [-0.4, -0.2) is 34.7 Å². The van der Waals surface area contributed by atoms with Crippen molar-refractivity contribution in [2.45, 2.75) is 26.0 Å². The molecule has 1 aliphatic heterocycles. The number of hydrogen-bond donors (Lipinski definition) is 1. The van der Waals surface area contributed by atoms with Crippen molar-refractivity contribution in [3.05, 3.63) is 54.4 Å². The number of rotatable bonds is 5. The van der Waals surface area contributed by atoms with E-state index in [2.05, 4.69) is 34.1 Å². The standard InChI is InChI=1S/C20H21N3O3/c1-2-23-12-14(15-6-5-10-21-19(15)23)9-11-22-20(24)18-13-25-16-7-3-4-8-17(16)26-18/h3-8,10,12,18H,2,9,11,13H2,1H3,(H,22,24)/t18-/m0/s1. The summed E-state index contributed by atoms with van der Waals surface area (Å²) in [7, 11) is 0. The van der Waals surface area contributed by atoms with E-state index in [-0.39, 0.29) is 12.5 Å². The number of aromatic nitrogens is 2. The van der Waals surface area contributed by atoms with Gasteiger partial charge in [-0.05, 0) is 43.2 Å². The van der Waals surface area contributed by atoms with Crippen LogP contribution in [0.2, 0.25) is 0 Å². The van der Waals surface area contributed by atoms with Crippen molar-refractivity contribution in [1.29, 1.82) is 0 Å². The quantitative estimate of drug-likeness (QED) is 0.767. The zero-order chi connectivity index (χ0) is 17.9. The van der Waals surface area contributed by atoms with Crippen molar-refractivity contribution >= 4 is 16.9 Å². The Labute approximate surface area is 151 Å². The van der Waals surface area contributed by atoms with Gasteiger partial charge in [-0.25, -0.2) is 4.98 Å². The molecule has 0 saturated heterocycles. The van der Waals surface area contributed by atoms with Gasteiger partial charge in [0.05, 0.1) is 0 Å². The van der Waals surface area contributed by atoms with Crippen LogP contribution in [0, 0.1) is 0 Å². The minimum atomic E-state index is -0.622. The van der Waals surface area contributed by atoms with Gasteiger partial charge in [-0.2, -0.15) is 0 Å². The summed E-state index contributed by atoms with van der Waals surface area (Å²) in [6.45, 7) is 3.73. The van der Waals surface area contributed by atoms with Crippen molar-refractivity contribution in [3.63, 3.8) is 0 Å². The second-order valence-electron chi connectivity index (χ2n) is 6.22. The van der Waals surface area contributed by atoms with Gasteiger partial charge in [0.2, 0.25) is 6.10 Å². The number of ether oxygens (including phenoxy) is 2. The smallest absolute Gasteiger partial charge is 0.264 e. The van der Waals surface area contributed by atoms with E-state index in [9.17, 15) is 4.79 Å². The molecule has 0 unspecified atom stereocenters. The average Bonchev–Trinajstić information content (AvgIpc) is 3.05. The molecule has 0 spiro atoms. The Morgan fingerprint density at radius 1 is 1.27 bits per heavy atom. The van der Waals surface area contributed by atoms with Gasteiger partial charge in [-0.3, -0.25) is 4.79 Å². The molecule has 1 aliphatic rings. The van der Waals surface area contributed by atoms with Crippen LogP contribution in [0.4, 0.5) is 0 Å². The molecule has 3 heterocycles. The van der Waals surface area contributed by atoms with Crippen molar-refractivity contribution < 1.29 is 14.3 Å². The maximum absolute atomic E-state index is 12.4. The van der Waals surface area contributed by atoms with E-state index in [4.69, 9.17) is 9.47 Å². The van der Waals surface area contributed by atoms with E-state index in [1.807, 2.05) is 24.3 Å². The lowest BCUT2D eigenvalue weighted by molar-refractivity contribution is -0.130. The molecule has 0 bridgehead atoms. The molecule has 0 radical (unpaired) electrons. The summed E-state index contributed by atoms with van der Waals surface area (Å²) < 4.78 is 13.5. The molecule has 0 saturated carbocycles. The van der Waals surface area contributed by atoms with E-state index in [1.54, 1.807) is 12.3 Å². The molecule has 3 aromatic rings. The zero-order valence-electron chi connectivity index (χ0n) is 14.6. The van der Waals surface area contributed by atoms with E-state index in [0.717, 1.165) is 24.0 Å². The maximum atomic E-state index is 12.4. The minimum Gasteiger partial charge on any atom is -0.485 e. The number of nitrogens with one attached hydrogen (secondary N) is 1. The Morgan fingerprint density at radius 2 is 2.12 bits per heavy atom. The molecule has 0 aliphatic carbocycles. The van der Waals surface area contributed by atoms with Crippen molar-refractivity contribution in [2.75, 3.05) is 13.2 Å². The fourth-order valence-electron chi connectivity index (χ4n) is 3.22. The monoisotopic (exact) mass is 351 g/mol. The Balaban J connectivity index is 1.37. The molecule has 1 N–H and O–H groups in total. The number of hydrogen-bond acceptors (Lipinski definition) is 4. The zero-order valence-corrected chi connectivity index (χ0v) is 14.6. The molecule has 4 rings (SSSR count). The number of aryl methyl sites for hydroxylation is 1. The number of benzene rings is 1. The van der Waals surface area contributed by atoms with E-state index in [0.29, 0.717) is 18.0 Å². The maximum Gasteiger partial charge on any atom is 0.264 e. The number of amides is 1. The Kier molecular flexibility index (Phi) is 4.48. The van der Waals surface area contributed by atoms with Crippen LogP contribution in [0.25, 0.3) is 11.0 Å². The van der Waals surface area contributed by atoms with Crippen LogP contribution in [0.15, 0.2) is 48.8 Å². The average molecular weight is 351 g/mol. The molecule has 1 amide bonds. The van der Waals surface area contributed by atoms with Gasteiger partial charge in [0.15, 0.2) is 11.5 Å². The van der Waals surface area contributed by atoms with Crippen LogP contribution < -0.4 is 14.8 Å². The Morgan fingerprint density at radius 3 is 2.96 bits per heavy atom. The number of para-hydroxylation sites is 2. The largest absolute Gasteiger partial charge is 0.485 e. The SMILES string of the molecule is CCn1cc(CCNC(=O)[C@@H]2COc3ccccc3O2)c2cccnc21. The lowest BCUT2D eigenvalue weighted by Gasteiger charge is -2.25. The van der Waals surface area contributed by atoms with Gasteiger partial charge in [0.25, 0.3) is 5.91 Å². The van der Waals surface area contributed by atoms with Gasteiger partial charge < -0.3 is 19.4 Å². The topological polar surface area (TPSA) is 65.4 Å². The summed E-state index contributed by atoms with van der Waals surface area (Å²) in [5, 5.41) is 4.08. The van der Waals surface area contributed by atoms with E-state index >= 15 is 0 Å². The first-order valence-corrected chi connectivity index (χ1v) is 8.85. The van der Waals surface area contributed by atoms with Gasteiger partial charge in [-0.15, -0.1) is 0 Å². The van der Waals surface area contributed by atoms with Crippen LogP contribution in [-0.2, 0) is 17.8 Å². The van der Waals surface area contributed by atoms with E-state index < -0.39 is 6.10 Å². The Hall–Kier alpha value is -3.02. The van der Waals surface area contributed by atoms with E-state index in [1.165, 1.54) is 5.56 Å². The van der Waals surface area contributed by atoms with Crippen molar-refractivity contribution in [1.82, 2.24) is 14.9 Å². The molecule has 2 aromatic heterocycles. The van der Waals surface area contributed by atoms with Crippen LogP contribution in [0.3, 0.4) is 0 Å². The predicted octanol–water partition coefficient (Wildman–Crippen LogP) is 2.55. The molecule has 26 heavy (non-hydrogen) atoms. The molecular weight excluding hydrogens is 330 g/mol. The summed E-state index contributed by atoms with van der Waals surface area (Å²) >= 11 is 0. The van der Waals surface area contributed by atoms with Crippen LogP contribution in [0.5, 0.6) is 11.5 Å². The molecule has 1 atom stereocenters. The van der Waals surface area contributed by atoms with Crippen molar-refractivity contribution in [2.24, 2.45) is 0 Å². The number of carbonyl (C=O) groups excluding carboxylic acids is 1. The third-order valence-electron chi connectivity index (χ3n) is 4.55. The van der Waals surface area contributed by atoms with Gasteiger partial charge in [0.1, 0.15) is 12.3 Å². The number of fused-ring (bicyclic) bond motifs is 2. The lowest BCUT2D eigenvalue weighted by atomic mass is 10.1. The predicted molar refractivity (Wildman–Crippen MR) is 98.5 cm³/mol. The normalized spacial score (nSPS) is 15.8. The molecule has 6 nitrogen and oxygen atoms in total. The fourth-order valence-corrected chi connectivity index (χ4v) is 3.22. The highest BCUT2D eigenvalue weighted by molar-refractivity contribution is 5.82. The molecule has 134 valence electrons. The molecule has 1 aromatic carbocycles. The van der Waals surface area contributed by atoms with Crippen LogP contribution in [0.1, 0.15) is 12.5 Å². The van der Waals surface area contributed by atoms with Gasteiger partial charge in [0, 0.05) is 30.9 Å². The van der Waals surface area contributed by atoms with Crippen molar-refractivity contribution in [3.8, 4) is 11.5 Å². The first kappa shape index (κ1) is 16.4. The summed E-state index contributed by atoms with van der Waals surface area (Å²) in [5.41, 5.74) is 2.17. The number of nitrogens with zero attached hydrogens (tertiary/aromatic N) is 2. The Bertz CT molecular complexity index is 935. The molecule has 6 heteroatoms. The second kappa shape index (κ2) is 7.07. The van der Waals surface area contributed by atoms with Gasteiger partial charge >= 0.3 is 0 Å². The third-order valence-corrected chi connectivity index (χ3v) is 4.55. The highest BCUT2D eigenvalue weighted by Gasteiger charge is 2.26. The summed E-state index contributed by atoms with van der Waals surface area (Å²) in [4.78, 5) is 16.8.